The van der Waals surface area contributed by atoms with Crippen molar-refractivity contribution < 1.29 is 13.9 Å². The summed E-state index contributed by atoms with van der Waals surface area (Å²) in [7, 11) is 0. The van der Waals surface area contributed by atoms with Gasteiger partial charge in [-0.2, -0.15) is 0 Å². The monoisotopic (exact) mass is 245 g/mol. The van der Waals surface area contributed by atoms with Gasteiger partial charge in [0.05, 0.1) is 0 Å². The third-order valence-electron chi connectivity index (χ3n) is 1.90. The van der Waals surface area contributed by atoms with E-state index in [-0.39, 0.29) is 11.1 Å². The van der Waals surface area contributed by atoms with Gasteiger partial charge in [0.1, 0.15) is 5.60 Å². The minimum absolute atomic E-state index is 0.158. The van der Waals surface area contributed by atoms with Crippen molar-refractivity contribution in [2.45, 2.75) is 32.8 Å². The first kappa shape index (κ1) is 12.9. The molecule has 0 fully saturated rings. The molecule has 3 nitrogen and oxygen atoms in total. The van der Waals surface area contributed by atoms with Crippen LogP contribution in [0.4, 0.5) is 4.39 Å². The van der Waals surface area contributed by atoms with Crippen LogP contribution in [0.5, 0.6) is 0 Å². The van der Waals surface area contributed by atoms with Crippen molar-refractivity contribution in [3.63, 3.8) is 0 Å². The van der Waals surface area contributed by atoms with Crippen LogP contribution in [0.25, 0.3) is 0 Å². The Morgan fingerprint density at radius 3 is 2.75 bits per heavy atom. The van der Waals surface area contributed by atoms with Gasteiger partial charge in [-0.1, -0.05) is 11.6 Å². The summed E-state index contributed by atoms with van der Waals surface area (Å²) in [6, 6.07) is 1.29. The molecule has 0 atom stereocenters. The number of carbonyl (C=O) groups is 1. The van der Waals surface area contributed by atoms with E-state index in [0.717, 1.165) is 0 Å². The summed E-state index contributed by atoms with van der Waals surface area (Å²) in [5, 5.41) is -0.158. The summed E-state index contributed by atoms with van der Waals surface area (Å²) >= 11 is 5.46. The van der Waals surface area contributed by atoms with Gasteiger partial charge in [-0.15, -0.1) is 0 Å². The van der Waals surface area contributed by atoms with Crippen LogP contribution < -0.4 is 0 Å². The molecule has 0 bridgehead atoms. The zero-order valence-electron chi connectivity index (χ0n) is 9.38. The number of carbonyl (C=O) groups excluding carboxylic acids is 1. The summed E-state index contributed by atoms with van der Waals surface area (Å²) in [4.78, 5) is 14.5. The number of nitrogens with zero attached hydrogens (tertiary/aromatic N) is 1. The predicted octanol–water partition coefficient (Wildman–Crippen LogP) is 2.76. The van der Waals surface area contributed by atoms with Crippen molar-refractivity contribution in [1.82, 2.24) is 4.98 Å². The SMILES string of the molecule is CC(=O)OC(C)(C)Cc1cnc(Cl)c(F)c1. The van der Waals surface area contributed by atoms with Crippen molar-refractivity contribution in [2.75, 3.05) is 0 Å². The Morgan fingerprint density at radius 2 is 2.25 bits per heavy atom. The molecule has 0 N–H and O–H groups in total. The van der Waals surface area contributed by atoms with E-state index in [9.17, 15) is 9.18 Å². The average Bonchev–Trinajstić information content (AvgIpc) is 2.08. The van der Waals surface area contributed by atoms with E-state index in [2.05, 4.69) is 4.98 Å². The Morgan fingerprint density at radius 1 is 1.62 bits per heavy atom. The van der Waals surface area contributed by atoms with E-state index in [0.29, 0.717) is 12.0 Å². The van der Waals surface area contributed by atoms with Gasteiger partial charge in [-0.25, -0.2) is 9.37 Å². The highest BCUT2D eigenvalue weighted by atomic mass is 35.5. The van der Waals surface area contributed by atoms with Crippen LogP contribution in [-0.2, 0) is 16.0 Å². The quantitative estimate of drug-likeness (QED) is 0.607. The van der Waals surface area contributed by atoms with Crippen LogP contribution in [0.15, 0.2) is 12.3 Å². The summed E-state index contributed by atoms with van der Waals surface area (Å²) in [5.41, 5.74) is -0.0542. The first-order valence-electron chi connectivity index (χ1n) is 4.80. The maximum absolute atomic E-state index is 13.1. The topological polar surface area (TPSA) is 39.2 Å². The Kier molecular flexibility index (Phi) is 3.86. The molecule has 16 heavy (non-hydrogen) atoms. The van der Waals surface area contributed by atoms with Gasteiger partial charge in [0, 0.05) is 19.5 Å². The molecule has 0 radical (unpaired) electrons. The molecule has 88 valence electrons. The van der Waals surface area contributed by atoms with E-state index in [1.807, 2.05) is 0 Å². The zero-order valence-corrected chi connectivity index (χ0v) is 10.1. The lowest BCUT2D eigenvalue weighted by Gasteiger charge is -2.24. The van der Waals surface area contributed by atoms with Crippen LogP contribution >= 0.6 is 11.6 Å². The van der Waals surface area contributed by atoms with Crippen LogP contribution in [-0.4, -0.2) is 16.6 Å². The van der Waals surface area contributed by atoms with Crippen molar-refractivity contribution in [3.8, 4) is 0 Å². The third kappa shape index (κ3) is 3.77. The number of rotatable bonds is 3. The summed E-state index contributed by atoms with van der Waals surface area (Å²) < 4.78 is 18.2. The maximum atomic E-state index is 13.1. The molecular formula is C11H13ClFNO2. The smallest absolute Gasteiger partial charge is 0.303 e. The third-order valence-corrected chi connectivity index (χ3v) is 2.18. The molecule has 5 heteroatoms. The molecule has 1 rings (SSSR count). The molecule has 1 heterocycles. The van der Waals surface area contributed by atoms with E-state index in [1.54, 1.807) is 13.8 Å². The Hall–Kier alpha value is -1.16. The first-order chi connectivity index (χ1) is 7.30. The fourth-order valence-corrected chi connectivity index (χ4v) is 1.58. The second-order valence-corrected chi connectivity index (χ2v) is 4.50. The second-order valence-electron chi connectivity index (χ2n) is 4.15. The van der Waals surface area contributed by atoms with E-state index >= 15 is 0 Å². The minimum Gasteiger partial charge on any atom is -0.459 e. The molecule has 0 aliphatic carbocycles. The molecule has 0 amide bonds. The van der Waals surface area contributed by atoms with Crippen molar-refractivity contribution in [1.29, 1.82) is 0 Å². The molecule has 0 aliphatic heterocycles. The van der Waals surface area contributed by atoms with Gasteiger partial charge in [0.15, 0.2) is 11.0 Å². The van der Waals surface area contributed by atoms with Crippen LogP contribution in [0.1, 0.15) is 26.3 Å². The molecule has 0 aliphatic rings. The summed E-state index contributed by atoms with van der Waals surface area (Å²) in [5.74, 6) is -0.940. The number of aromatic nitrogens is 1. The predicted molar refractivity (Wildman–Crippen MR) is 58.8 cm³/mol. The van der Waals surface area contributed by atoms with Gasteiger partial charge >= 0.3 is 5.97 Å². The highest BCUT2D eigenvalue weighted by molar-refractivity contribution is 6.29. The minimum atomic E-state index is -0.687. The fourth-order valence-electron chi connectivity index (χ4n) is 1.47. The van der Waals surface area contributed by atoms with Gasteiger partial charge in [-0.05, 0) is 25.5 Å². The molecule has 0 saturated carbocycles. The molecule has 0 saturated heterocycles. The van der Waals surface area contributed by atoms with E-state index < -0.39 is 11.4 Å². The maximum Gasteiger partial charge on any atom is 0.303 e. The number of hydrogen-bond acceptors (Lipinski definition) is 3. The average molecular weight is 246 g/mol. The van der Waals surface area contributed by atoms with Gasteiger partial charge in [0.25, 0.3) is 0 Å². The van der Waals surface area contributed by atoms with Gasteiger partial charge < -0.3 is 4.74 Å². The van der Waals surface area contributed by atoms with E-state index in [4.69, 9.17) is 16.3 Å². The Labute approximate surface area is 98.6 Å². The highest BCUT2D eigenvalue weighted by Crippen LogP contribution is 2.19. The lowest BCUT2D eigenvalue weighted by Crippen LogP contribution is -2.29. The first-order valence-corrected chi connectivity index (χ1v) is 5.17. The number of halogens is 2. The summed E-state index contributed by atoms with van der Waals surface area (Å²) in [6.45, 7) is 4.84. The van der Waals surface area contributed by atoms with Crippen molar-refractivity contribution in [2.24, 2.45) is 0 Å². The van der Waals surface area contributed by atoms with Crippen molar-refractivity contribution >= 4 is 17.6 Å². The van der Waals surface area contributed by atoms with Crippen LogP contribution in [0, 0.1) is 5.82 Å². The lowest BCUT2D eigenvalue weighted by atomic mass is 9.99. The molecule has 0 spiro atoms. The molecule has 1 aromatic heterocycles. The Bertz CT molecular complexity index is 407. The number of esters is 1. The normalized spacial score (nSPS) is 11.3. The Balaban J connectivity index is 2.79. The van der Waals surface area contributed by atoms with E-state index in [1.165, 1.54) is 19.2 Å². The number of ether oxygens (including phenoxy) is 1. The van der Waals surface area contributed by atoms with Crippen LogP contribution in [0.3, 0.4) is 0 Å². The highest BCUT2D eigenvalue weighted by Gasteiger charge is 2.22. The fraction of sp³-hybridized carbons (Fsp3) is 0.455. The summed E-state index contributed by atoms with van der Waals surface area (Å²) in [6.07, 6.45) is 1.85. The molecule has 1 aromatic rings. The van der Waals surface area contributed by atoms with Gasteiger partial charge in [-0.3, -0.25) is 4.79 Å². The molecular weight excluding hydrogens is 233 g/mol. The molecule has 0 unspecified atom stereocenters. The van der Waals surface area contributed by atoms with Crippen molar-refractivity contribution in [3.05, 3.63) is 28.8 Å². The zero-order chi connectivity index (χ0) is 12.3. The number of pyridine rings is 1. The molecule has 0 aromatic carbocycles. The largest absolute Gasteiger partial charge is 0.459 e. The standard InChI is InChI=1S/C11H13ClFNO2/c1-7(15)16-11(2,3)5-8-4-9(13)10(12)14-6-8/h4,6H,5H2,1-3H3. The van der Waals surface area contributed by atoms with Gasteiger partial charge in [0.2, 0.25) is 0 Å². The van der Waals surface area contributed by atoms with Crippen LogP contribution in [0.2, 0.25) is 5.15 Å². The lowest BCUT2D eigenvalue weighted by molar-refractivity contribution is -0.153. The second kappa shape index (κ2) is 4.78. The number of hydrogen-bond donors (Lipinski definition) is 0.